The van der Waals surface area contributed by atoms with E-state index in [1.54, 1.807) is 53.8 Å². The lowest BCUT2D eigenvalue weighted by Gasteiger charge is -2.34. The van der Waals surface area contributed by atoms with E-state index in [1.165, 1.54) is 4.88 Å². The van der Waals surface area contributed by atoms with Crippen molar-refractivity contribution < 1.29 is 13.2 Å². The van der Waals surface area contributed by atoms with Crippen molar-refractivity contribution in [1.82, 2.24) is 9.80 Å². The maximum Gasteiger partial charge on any atom is 0.261 e. The van der Waals surface area contributed by atoms with E-state index in [0.29, 0.717) is 24.3 Å². The predicted octanol–water partition coefficient (Wildman–Crippen LogP) is 4.12. The van der Waals surface area contributed by atoms with Crippen LogP contribution in [0.25, 0.3) is 0 Å². The molecule has 0 radical (unpaired) electrons. The van der Waals surface area contributed by atoms with E-state index >= 15 is 0 Å². The van der Waals surface area contributed by atoms with Gasteiger partial charge in [-0.3, -0.25) is 14.4 Å². The maximum atomic E-state index is 12.9. The van der Waals surface area contributed by atoms with Gasteiger partial charge in [-0.2, -0.15) is 0 Å². The highest BCUT2D eigenvalue weighted by Crippen LogP contribution is 2.20. The minimum atomic E-state index is -3.68. The summed E-state index contributed by atoms with van der Waals surface area (Å²) < 4.78 is 28.0. The fourth-order valence-electron chi connectivity index (χ4n) is 3.69. The van der Waals surface area contributed by atoms with Gasteiger partial charge < -0.3 is 4.90 Å². The number of hydrogen-bond donors (Lipinski definition) is 1. The number of aryl methyl sites for hydroxylation is 2. The molecule has 2 aromatic carbocycles. The molecule has 6 nitrogen and oxygen atoms in total. The average molecular weight is 470 g/mol. The topological polar surface area (TPSA) is 69.7 Å². The SMILES string of the molecule is Cc1ccc(S(=O)(=O)Nc2ccc(C(=O)N3CCN(Cc4cccs4)CC3)cc2)cc1C. The van der Waals surface area contributed by atoms with Crippen LogP contribution < -0.4 is 4.72 Å². The van der Waals surface area contributed by atoms with Crippen molar-refractivity contribution in [2.75, 3.05) is 30.9 Å². The number of thiophene rings is 1. The third-order valence-corrected chi connectivity index (χ3v) is 8.03. The van der Waals surface area contributed by atoms with Crippen LogP contribution in [-0.4, -0.2) is 50.3 Å². The lowest BCUT2D eigenvalue weighted by molar-refractivity contribution is 0.0629. The van der Waals surface area contributed by atoms with Crippen molar-refractivity contribution in [3.8, 4) is 0 Å². The molecule has 8 heteroatoms. The van der Waals surface area contributed by atoms with E-state index in [2.05, 4.69) is 27.1 Å². The maximum absolute atomic E-state index is 12.9. The summed E-state index contributed by atoms with van der Waals surface area (Å²) in [5, 5.41) is 2.08. The number of benzene rings is 2. The third kappa shape index (κ3) is 5.20. The first-order valence-corrected chi connectivity index (χ1v) is 12.9. The van der Waals surface area contributed by atoms with Crippen LogP contribution in [0.15, 0.2) is 64.9 Å². The van der Waals surface area contributed by atoms with Gasteiger partial charge in [-0.15, -0.1) is 11.3 Å². The summed E-state index contributed by atoms with van der Waals surface area (Å²) in [4.78, 5) is 18.7. The van der Waals surface area contributed by atoms with Crippen LogP contribution in [-0.2, 0) is 16.6 Å². The zero-order chi connectivity index (χ0) is 22.7. The van der Waals surface area contributed by atoms with E-state index in [0.717, 1.165) is 30.8 Å². The van der Waals surface area contributed by atoms with Gasteiger partial charge in [0, 0.05) is 48.9 Å². The number of anilines is 1. The Hall–Kier alpha value is -2.68. The lowest BCUT2D eigenvalue weighted by Crippen LogP contribution is -2.48. The molecular weight excluding hydrogens is 442 g/mol. The molecule has 3 aromatic rings. The van der Waals surface area contributed by atoms with Crippen LogP contribution in [0.2, 0.25) is 0 Å². The Morgan fingerprint density at radius 3 is 2.31 bits per heavy atom. The number of hydrogen-bond acceptors (Lipinski definition) is 5. The number of nitrogens with zero attached hydrogens (tertiary/aromatic N) is 2. The van der Waals surface area contributed by atoms with Crippen LogP contribution in [0.5, 0.6) is 0 Å². The molecule has 1 aliphatic heterocycles. The highest BCUT2D eigenvalue weighted by molar-refractivity contribution is 7.92. The average Bonchev–Trinajstić information content (AvgIpc) is 3.29. The number of rotatable bonds is 6. The number of nitrogens with one attached hydrogen (secondary N) is 1. The zero-order valence-electron chi connectivity index (χ0n) is 18.2. The molecule has 0 saturated carbocycles. The second-order valence-electron chi connectivity index (χ2n) is 8.08. The molecule has 1 N–H and O–H groups in total. The zero-order valence-corrected chi connectivity index (χ0v) is 19.9. The smallest absolute Gasteiger partial charge is 0.261 e. The second kappa shape index (κ2) is 9.44. The van der Waals surface area contributed by atoms with E-state index < -0.39 is 10.0 Å². The van der Waals surface area contributed by atoms with Gasteiger partial charge in [0.2, 0.25) is 0 Å². The minimum absolute atomic E-state index is 0.0238. The van der Waals surface area contributed by atoms with Crippen LogP contribution in [0.3, 0.4) is 0 Å². The Morgan fingerprint density at radius 2 is 1.69 bits per heavy atom. The molecule has 0 unspecified atom stereocenters. The van der Waals surface area contributed by atoms with Crippen LogP contribution in [0.1, 0.15) is 26.4 Å². The molecule has 1 saturated heterocycles. The van der Waals surface area contributed by atoms with Gasteiger partial charge in [-0.25, -0.2) is 8.42 Å². The van der Waals surface area contributed by atoms with Crippen molar-refractivity contribution in [3.05, 3.63) is 81.5 Å². The molecule has 1 fully saturated rings. The summed E-state index contributed by atoms with van der Waals surface area (Å²) in [6.45, 7) is 7.82. The van der Waals surface area contributed by atoms with Crippen molar-refractivity contribution in [1.29, 1.82) is 0 Å². The van der Waals surface area contributed by atoms with Gasteiger partial charge in [-0.1, -0.05) is 12.1 Å². The molecule has 2 heterocycles. The van der Waals surface area contributed by atoms with Crippen LogP contribution in [0.4, 0.5) is 5.69 Å². The summed E-state index contributed by atoms with van der Waals surface area (Å²) in [7, 11) is -3.68. The van der Waals surface area contributed by atoms with E-state index in [1.807, 2.05) is 18.7 Å². The Morgan fingerprint density at radius 1 is 0.969 bits per heavy atom. The Bertz CT molecular complexity index is 1180. The quantitative estimate of drug-likeness (QED) is 0.590. The van der Waals surface area contributed by atoms with Crippen molar-refractivity contribution in [2.45, 2.75) is 25.3 Å². The standard InChI is InChI=1S/C24H27N3O3S2/c1-18-5-10-23(16-19(18)2)32(29,30)25-21-8-6-20(7-9-21)24(28)27-13-11-26(12-14-27)17-22-4-3-15-31-22/h3-10,15-16,25H,11-14,17H2,1-2H3. The van der Waals surface area contributed by atoms with Gasteiger partial charge in [0.25, 0.3) is 15.9 Å². The van der Waals surface area contributed by atoms with Gasteiger partial charge in [0.15, 0.2) is 0 Å². The fraction of sp³-hybridized carbons (Fsp3) is 0.292. The highest BCUT2D eigenvalue weighted by Gasteiger charge is 2.22. The number of carbonyl (C=O) groups is 1. The normalized spacial score (nSPS) is 15.0. The van der Waals surface area contributed by atoms with Gasteiger partial charge in [-0.05, 0) is 72.8 Å². The first-order chi connectivity index (χ1) is 15.3. The third-order valence-electron chi connectivity index (χ3n) is 5.79. The second-order valence-corrected chi connectivity index (χ2v) is 10.8. The molecule has 0 spiro atoms. The van der Waals surface area contributed by atoms with Gasteiger partial charge in [0.1, 0.15) is 0 Å². The molecule has 1 aromatic heterocycles. The number of amides is 1. The van der Waals surface area contributed by atoms with Crippen molar-refractivity contribution in [3.63, 3.8) is 0 Å². The molecule has 1 aliphatic rings. The van der Waals surface area contributed by atoms with E-state index in [-0.39, 0.29) is 10.8 Å². The number of piperazine rings is 1. The number of sulfonamides is 1. The Balaban J connectivity index is 1.36. The summed E-state index contributed by atoms with van der Waals surface area (Å²) in [6, 6.07) is 15.9. The van der Waals surface area contributed by atoms with Gasteiger partial charge >= 0.3 is 0 Å². The van der Waals surface area contributed by atoms with Crippen LogP contribution >= 0.6 is 11.3 Å². The molecule has 168 valence electrons. The molecular formula is C24H27N3O3S2. The van der Waals surface area contributed by atoms with Crippen molar-refractivity contribution in [2.24, 2.45) is 0 Å². The van der Waals surface area contributed by atoms with Gasteiger partial charge in [0.05, 0.1) is 4.90 Å². The molecule has 32 heavy (non-hydrogen) atoms. The number of carbonyl (C=O) groups excluding carboxylic acids is 1. The lowest BCUT2D eigenvalue weighted by atomic mass is 10.1. The summed E-state index contributed by atoms with van der Waals surface area (Å²) in [5.41, 5.74) is 2.95. The van der Waals surface area contributed by atoms with E-state index in [4.69, 9.17) is 0 Å². The van der Waals surface area contributed by atoms with Crippen molar-refractivity contribution >= 4 is 33.0 Å². The molecule has 1 amide bonds. The van der Waals surface area contributed by atoms with E-state index in [9.17, 15) is 13.2 Å². The first kappa shape index (κ1) is 22.5. The molecule has 4 rings (SSSR count). The highest BCUT2D eigenvalue weighted by atomic mass is 32.2. The van der Waals surface area contributed by atoms with Crippen LogP contribution in [0, 0.1) is 13.8 Å². The molecule has 0 bridgehead atoms. The largest absolute Gasteiger partial charge is 0.336 e. The first-order valence-electron chi connectivity index (χ1n) is 10.6. The molecule has 0 aliphatic carbocycles. The summed E-state index contributed by atoms with van der Waals surface area (Å²) in [6.07, 6.45) is 0. The Labute approximate surface area is 193 Å². The summed E-state index contributed by atoms with van der Waals surface area (Å²) in [5.74, 6) is -0.0238. The molecule has 0 atom stereocenters. The minimum Gasteiger partial charge on any atom is -0.336 e. The monoisotopic (exact) mass is 469 g/mol. The summed E-state index contributed by atoms with van der Waals surface area (Å²) >= 11 is 1.75. The fourth-order valence-corrected chi connectivity index (χ4v) is 5.58. The predicted molar refractivity (Wildman–Crippen MR) is 129 cm³/mol. The Kier molecular flexibility index (Phi) is 6.64.